The van der Waals surface area contributed by atoms with E-state index in [1.165, 1.54) is 13.2 Å². The Morgan fingerprint density at radius 3 is 2.32 bits per heavy atom. The van der Waals surface area contributed by atoms with E-state index in [2.05, 4.69) is 10.6 Å². The number of hydrogen-bond donors (Lipinski definition) is 2. The molecule has 2 aromatic rings. The standard InChI is InChI=1S/C22H21ClFN3O4/c1-31-19-9-5-4-8-16(19)25-22(30)26-17-11-18(15(24)10-14(17)23)27-20(28)12-6-2-3-7-13(12)21(27)29/h4-5,8-13H,2-3,6-7H2,1H3,(H2,25,26,30). The van der Waals surface area contributed by atoms with Crippen LogP contribution in [-0.2, 0) is 9.59 Å². The van der Waals surface area contributed by atoms with Gasteiger partial charge >= 0.3 is 6.03 Å². The van der Waals surface area contributed by atoms with Crippen molar-refractivity contribution in [3.63, 3.8) is 0 Å². The minimum absolute atomic E-state index is 0.0621. The van der Waals surface area contributed by atoms with Gasteiger partial charge in [0.1, 0.15) is 11.6 Å². The van der Waals surface area contributed by atoms with Crippen molar-refractivity contribution >= 4 is 46.5 Å². The number of urea groups is 1. The Hall–Kier alpha value is -3.13. The number of nitrogens with one attached hydrogen (secondary N) is 2. The number of para-hydroxylation sites is 2. The molecule has 1 saturated carbocycles. The van der Waals surface area contributed by atoms with E-state index in [1.807, 2.05) is 0 Å². The fraction of sp³-hybridized carbons (Fsp3) is 0.318. The van der Waals surface area contributed by atoms with Crippen LogP contribution in [0.4, 0.5) is 26.2 Å². The van der Waals surface area contributed by atoms with Crippen LogP contribution >= 0.6 is 11.6 Å². The summed E-state index contributed by atoms with van der Waals surface area (Å²) in [6.07, 6.45) is 2.97. The first-order valence-electron chi connectivity index (χ1n) is 9.98. The van der Waals surface area contributed by atoms with Crippen molar-refractivity contribution in [2.45, 2.75) is 25.7 Å². The number of fused-ring (bicyclic) bond motifs is 1. The van der Waals surface area contributed by atoms with Gasteiger partial charge < -0.3 is 15.4 Å². The first-order valence-corrected chi connectivity index (χ1v) is 10.4. The highest BCUT2D eigenvalue weighted by molar-refractivity contribution is 6.34. The number of ether oxygens (including phenoxy) is 1. The Bertz CT molecular complexity index is 1040. The van der Waals surface area contributed by atoms with Gasteiger partial charge in [0.2, 0.25) is 11.8 Å². The lowest BCUT2D eigenvalue weighted by Gasteiger charge is -2.19. The largest absolute Gasteiger partial charge is 0.495 e. The molecule has 2 aliphatic rings. The highest BCUT2D eigenvalue weighted by Crippen LogP contribution is 2.42. The van der Waals surface area contributed by atoms with Crippen LogP contribution in [0.15, 0.2) is 36.4 Å². The van der Waals surface area contributed by atoms with Gasteiger partial charge in [0, 0.05) is 0 Å². The van der Waals surface area contributed by atoms with Gasteiger partial charge in [-0.15, -0.1) is 0 Å². The molecule has 1 aliphatic carbocycles. The highest BCUT2D eigenvalue weighted by atomic mass is 35.5. The zero-order chi connectivity index (χ0) is 22.1. The summed E-state index contributed by atoms with van der Waals surface area (Å²) in [6.45, 7) is 0. The maximum absolute atomic E-state index is 14.7. The topological polar surface area (TPSA) is 87.7 Å². The van der Waals surface area contributed by atoms with Crippen molar-refractivity contribution < 1.29 is 23.5 Å². The molecule has 2 fully saturated rings. The van der Waals surface area contributed by atoms with E-state index in [-0.39, 0.29) is 16.4 Å². The van der Waals surface area contributed by atoms with Crippen LogP contribution in [0.3, 0.4) is 0 Å². The molecule has 4 rings (SSSR count). The Morgan fingerprint density at radius 2 is 1.68 bits per heavy atom. The predicted molar refractivity (Wildman–Crippen MR) is 115 cm³/mol. The van der Waals surface area contributed by atoms with E-state index < -0.39 is 35.5 Å². The zero-order valence-electron chi connectivity index (χ0n) is 16.8. The van der Waals surface area contributed by atoms with Crippen LogP contribution in [0.25, 0.3) is 0 Å². The average molecular weight is 446 g/mol. The third-order valence-electron chi connectivity index (χ3n) is 5.72. The van der Waals surface area contributed by atoms with Crippen LogP contribution in [0.1, 0.15) is 25.7 Å². The second-order valence-corrected chi connectivity index (χ2v) is 7.98. The normalized spacial score (nSPS) is 20.4. The molecule has 1 saturated heterocycles. The third-order valence-corrected chi connectivity index (χ3v) is 6.03. The van der Waals surface area contributed by atoms with Crippen molar-refractivity contribution in [1.29, 1.82) is 0 Å². The van der Waals surface area contributed by atoms with Crippen molar-refractivity contribution in [2.75, 3.05) is 22.6 Å². The summed E-state index contributed by atoms with van der Waals surface area (Å²) < 4.78 is 19.9. The van der Waals surface area contributed by atoms with E-state index in [1.54, 1.807) is 24.3 Å². The summed E-state index contributed by atoms with van der Waals surface area (Å²) in [4.78, 5) is 39.0. The van der Waals surface area contributed by atoms with Crippen molar-refractivity contribution in [3.8, 4) is 5.75 Å². The quantitative estimate of drug-likeness (QED) is 0.661. The van der Waals surface area contributed by atoms with Crippen LogP contribution in [0.5, 0.6) is 5.75 Å². The molecule has 2 aromatic carbocycles. The number of nitrogens with zero attached hydrogens (tertiary/aromatic N) is 1. The molecule has 1 aliphatic heterocycles. The van der Waals surface area contributed by atoms with Gasteiger partial charge in [-0.25, -0.2) is 14.1 Å². The minimum atomic E-state index is -0.805. The second kappa shape index (κ2) is 8.55. The summed E-state index contributed by atoms with van der Waals surface area (Å²) in [5, 5.41) is 5.10. The molecule has 0 radical (unpaired) electrons. The number of halogens is 2. The number of carbonyl (C=O) groups is 3. The lowest BCUT2D eigenvalue weighted by molar-refractivity contribution is -0.122. The summed E-state index contributed by atoms with van der Waals surface area (Å²) >= 11 is 6.11. The number of rotatable bonds is 4. The molecular formula is C22H21ClFN3O4. The molecule has 162 valence electrons. The molecule has 2 atom stereocenters. The van der Waals surface area contributed by atoms with Gasteiger partial charge in [0.25, 0.3) is 0 Å². The second-order valence-electron chi connectivity index (χ2n) is 7.57. The maximum atomic E-state index is 14.7. The minimum Gasteiger partial charge on any atom is -0.495 e. The van der Waals surface area contributed by atoms with Gasteiger partial charge in [-0.3, -0.25) is 9.59 Å². The molecule has 9 heteroatoms. The van der Waals surface area contributed by atoms with Crippen molar-refractivity contribution in [3.05, 3.63) is 47.2 Å². The van der Waals surface area contributed by atoms with E-state index in [0.717, 1.165) is 23.8 Å². The molecule has 0 spiro atoms. The number of methoxy groups -OCH3 is 1. The van der Waals surface area contributed by atoms with E-state index >= 15 is 0 Å². The first kappa shape index (κ1) is 21.1. The lowest BCUT2D eigenvalue weighted by atomic mass is 9.81. The zero-order valence-corrected chi connectivity index (χ0v) is 17.5. The van der Waals surface area contributed by atoms with Gasteiger partial charge in [0.15, 0.2) is 0 Å². The Kier molecular flexibility index (Phi) is 5.82. The van der Waals surface area contributed by atoms with Gasteiger partial charge in [-0.1, -0.05) is 36.6 Å². The van der Waals surface area contributed by atoms with E-state index in [0.29, 0.717) is 24.3 Å². The van der Waals surface area contributed by atoms with Gasteiger partial charge in [0.05, 0.1) is 41.0 Å². The molecule has 2 N–H and O–H groups in total. The van der Waals surface area contributed by atoms with Crippen molar-refractivity contribution in [2.24, 2.45) is 11.8 Å². The highest BCUT2D eigenvalue weighted by Gasteiger charge is 2.49. The number of imide groups is 1. The Labute approximate surface area is 183 Å². The summed E-state index contributed by atoms with van der Waals surface area (Å²) in [5.74, 6) is -1.98. The molecule has 31 heavy (non-hydrogen) atoms. The molecule has 7 nitrogen and oxygen atoms in total. The molecule has 1 heterocycles. The Balaban J connectivity index is 1.59. The molecule has 4 amide bonds. The summed E-state index contributed by atoms with van der Waals surface area (Å²) in [5.41, 5.74) is 0.289. The van der Waals surface area contributed by atoms with Gasteiger partial charge in [-0.2, -0.15) is 0 Å². The Morgan fingerprint density at radius 1 is 1.06 bits per heavy atom. The van der Waals surface area contributed by atoms with E-state index in [9.17, 15) is 18.8 Å². The van der Waals surface area contributed by atoms with E-state index in [4.69, 9.17) is 16.3 Å². The average Bonchev–Trinajstić information content (AvgIpc) is 3.01. The smallest absolute Gasteiger partial charge is 0.323 e. The molecular weight excluding hydrogens is 425 g/mol. The predicted octanol–water partition coefficient (Wildman–Crippen LogP) is 4.81. The first-order chi connectivity index (χ1) is 14.9. The SMILES string of the molecule is COc1ccccc1NC(=O)Nc1cc(N2C(=O)C3CCCCC3C2=O)c(F)cc1Cl. The van der Waals surface area contributed by atoms with Crippen LogP contribution in [0, 0.1) is 17.7 Å². The number of amides is 4. The van der Waals surface area contributed by atoms with Crippen LogP contribution in [0.2, 0.25) is 5.02 Å². The molecule has 0 aromatic heterocycles. The molecule has 2 unspecified atom stereocenters. The van der Waals surface area contributed by atoms with Crippen LogP contribution < -0.4 is 20.3 Å². The monoisotopic (exact) mass is 445 g/mol. The number of benzene rings is 2. The fourth-order valence-corrected chi connectivity index (χ4v) is 4.43. The number of anilines is 3. The number of carbonyl (C=O) groups excluding carboxylic acids is 3. The lowest BCUT2D eigenvalue weighted by Crippen LogP contribution is -2.32. The maximum Gasteiger partial charge on any atom is 0.323 e. The third kappa shape index (κ3) is 3.95. The van der Waals surface area contributed by atoms with Crippen molar-refractivity contribution in [1.82, 2.24) is 0 Å². The molecule has 0 bridgehead atoms. The number of hydrogen-bond acceptors (Lipinski definition) is 4. The van der Waals surface area contributed by atoms with Crippen LogP contribution in [-0.4, -0.2) is 25.0 Å². The summed E-state index contributed by atoms with van der Waals surface area (Å²) in [6, 6.07) is 8.38. The fourth-order valence-electron chi connectivity index (χ4n) is 4.23. The summed E-state index contributed by atoms with van der Waals surface area (Å²) in [7, 11) is 1.48. The van der Waals surface area contributed by atoms with Gasteiger partial charge in [-0.05, 0) is 37.1 Å².